The lowest BCUT2D eigenvalue weighted by atomic mass is 9.82. The first kappa shape index (κ1) is 21.1. The molecular formula is C23H26FN3O5. The number of imide groups is 1. The third-order valence-electron chi connectivity index (χ3n) is 7.23. The van der Waals surface area contributed by atoms with Gasteiger partial charge in [0.05, 0.1) is 18.6 Å². The molecule has 0 aliphatic carbocycles. The van der Waals surface area contributed by atoms with Crippen molar-refractivity contribution in [3.05, 3.63) is 34.6 Å². The molecule has 4 aliphatic rings. The van der Waals surface area contributed by atoms with Crippen molar-refractivity contribution in [3.8, 4) is 0 Å². The first-order valence-corrected chi connectivity index (χ1v) is 11.1. The normalized spacial score (nSPS) is 25.4. The van der Waals surface area contributed by atoms with Crippen LogP contribution >= 0.6 is 0 Å². The highest BCUT2D eigenvalue weighted by Crippen LogP contribution is 2.39. The molecule has 4 amide bonds. The predicted octanol–water partition coefficient (Wildman–Crippen LogP) is 1.33. The number of carbonyl (C=O) groups is 4. The lowest BCUT2D eigenvalue weighted by Crippen LogP contribution is -2.54. The van der Waals surface area contributed by atoms with E-state index in [0.29, 0.717) is 44.7 Å². The fraction of sp³-hybridized carbons (Fsp3) is 0.565. The van der Waals surface area contributed by atoms with Gasteiger partial charge >= 0.3 is 0 Å². The van der Waals surface area contributed by atoms with Crippen LogP contribution in [-0.4, -0.2) is 65.8 Å². The maximum absolute atomic E-state index is 14.5. The number of ether oxygens (including phenoxy) is 1. The Morgan fingerprint density at radius 2 is 1.88 bits per heavy atom. The van der Waals surface area contributed by atoms with E-state index in [1.165, 1.54) is 17.0 Å². The van der Waals surface area contributed by atoms with Gasteiger partial charge in [0.2, 0.25) is 17.7 Å². The minimum Gasteiger partial charge on any atom is -0.379 e. The number of fused-ring (bicyclic) bond motifs is 1. The van der Waals surface area contributed by atoms with Crippen LogP contribution in [0.25, 0.3) is 0 Å². The van der Waals surface area contributed by atoms with Gasteiger partial charge in [0.1, 0.15) is 11.9 Å². The minimum absolute atomic E-state index is 0.0310. The molecule has 1 N–H and O–H groups in total. The summed E-state index contributed by atoms with van der Waals surface area (Å²) in [6.45, 7) is 4.19. The number of nitrogens with one attached hydrogen (secondary N) is 1. The van der Waals surface area contributed by atoms with Crippen LogP contribution in [0.5, 0.6) is 0 Å². The second kappa shape index (κ2) is 7.65. The van der Waals surface area contributed by atoms with E-state index >= 15 is 0 Å². The van der Waals surface area contributed by atoms with Gasteiger partial charge in [-0.25, -0.2) is 4.39 Å². The second-order valence-electron chi connectivity index (χ2n) is 9.54. The van der Waals surface area contributed by atoms with E-state index < -0.39 is 23.2 Å². The zero-order valence-electron chi connectivity index (χ0n) is 18.0. The number of likely N-dealkylation sites (tertiary alicyclic amines) is 1. The van der Waals surface area contributed by atoms with Gasteiger partial charge in [-0.1, -0.05) is 0 Å². The van der Waals surface area contributed by atoms with Crippen molar-refractivity contribution in [1.29, 1.82) is 0 Å². The van der Waals surface area contributed by atoms with Gasteiger partial charge in [0, 0.05) is 31.6 Å². The summed E-state index contributed by atoms with van der Waals surface area (Å²) < 4.78 is 19.7. The number of carbonyl (C=O) groups excluding carboxylic acids is 4. The number of halogens is 1. The van der Waals surface area contributed by atoms with Crippen LogP contribution in [0.2, 0.25) is 0 Å². The summed E-state index contributed by atoms with van der Waals surface area (Å²) >= 11 is 0. The smallest absolute Gasteiger partial charge is 0.255 e. The highest BCUT2D eigenvalue weighted by Gasteiger charge is 2.45. The molecule has 0 aromatic heterocycles. The Kier molecular flexibility index (Phi) is 5.03. The summed E-state index contributed by atoms with van der Waals surface area (Å²) in [5, 5.41) is 2.29. The van der Waals surface area contributed by atoms with E-state index in [9.17, 15) is 23.6 Å². The van der Waals surface area contributed by atoms with Crippen molar-refractivity contribution in [3.63, 3.8) is 0 Å². The molecule has 4 heterocycles. The fourth-order valence-corrected chi connectivity index (χ4v) is 5.32. The van der Waals surface area contributed by atoms with Crippen LogP contribution in [0.1, 0.15) is 60.0 Å². The molecule has 9 heteroatoms. The lowest BCUT2D eigenvalue weighted by molar-refractivity contribution is -0.169. The van der Waals surface area contributed by atoms with Crippen molar-refractivity contribution in [2.45, 2.75) is 51.1 Å². The average Bonchev–Trinajstić information content (AvgIpc) is 3.07. The summed E-state index contributed by atoms with van der Waals surface area (Å²) in [4.78, 5) is 52.9. The average molecular weight is 443 g/mol. The third-order valence-corrected chi connectivity index (χ3v) is 7.23. The summed E-state index contributed by atoms with van der Waals surface area (Å²) in [6, 6.07) is 2.00. The molecule has 32 heavy (non-hydrogen) atoms. The number of amides is 4. The predicted molar refractivity (Wildman–Crippen MR) is 110 cm³/mol. The van der Waals surface area contributed by atoms with E-state index in [-0.39, 0.29) is 43.0 Å². The minimum atomic E-state index is -0.728. The van der Waals surface area contributed by atoms with Crippen LogP contribution in [0, 0.1) is 11.2 Å². The van der Waals surface area contributed by atoms with Gasteiger partial charge in [0.25, 0.3) is 5.91 Å². The molecule has 1 aromatic carbocycles. The molecule has 3 fully saturated rings. The highest BCUT2D eigenvalue weighted by atomic mass is 19.1. The standard InChI is InChI=1S/C23H26FN3O5/c1-23(11-32-12-23)22(31)26-6-4-13(5-7-26)15-8-14(24)9-16-17(15)10-27(21(16)30)18-2-3-19(28)25-20(18)29/h8-9,13,18H,2-7,10-12H2,1H3,(H,25,28,29). The van der Waals surface area contributed by atoms with Gasteiger partial charge in [-0.05, 0) is 55.4 Å². The topological polar surface area (TPSA) is 96.0 Å². The van der Waals surface area contributed by atoms with Gasteiger partial charge in [-0.2, -0.15) is 0 Å². The Hall–Kier alpha value is -2.81. The number of nitrogens with zero attached hydrogens (tertiary/aromatic N) is 2. The summed E-state index contributed by atoms with van der Waals surface area (Å²) in [6.07, 6.45) is 1.82. The third kappa shape index (κ3) is 3.39. The maximum atomic E-state index is 14.5. The van der Waals surface area contributed by atoms with Crippen molar-refractivity contribution >= 4 is 23.6 Å². The molecular weight excluding hydrogens is 417 g/mol. The Balaban J connectivity index is 1.34. The van der Waals surface area contributed by atoms with E-state index in [2.05, 4.69) is 5.32 Å². The van der Waals surface area contributed by atoms with Crippen LogP contribution in [-0.2, 0) is 25.7 Å². The molecule has 1 aromatic rings. The number of hydrogen-bond acceptors (Lipinski definition) is 5. The molecule has 5 rings (SSSR count). The first-order valence-electron chi connectivity index (χ1n) is 11.1. The van der Waals surface area contributed by atoms with Gasteiger partial charge < -0.3 is 14.5 Å². The largest absolute Gasteiger partial charge is 0.379 e. The molecule has 1 atom stereocenters. The number of rotatable bonds is 3. The van der Waals surface area contributed by atoms with Gasteiger partial charge in [-0.3, -0.25) is 24.5 Å². The molecule has 3 saturated heterocycles. The van der Waals surface area contributed by atoms with Crippen LogP contribution in [0.3, 0.4) is 0 Å². The Morgan fingerprint density at radius 3 is 2.50 bits per heavy atom. The quantitative estimate of drug-likeness (QED) is 0.711. The van der Waals surface area contributed by atoms with Crippen molar-refractivity contribution in [2.24, 2.45) is 5.41 Å². The number of benzene rings is 1. The molecule has 1 unspecified atom stereocenters. The lowest BCUT2D eigenvalue weighted by Gasteiger charge is -2.42. The van der Waals surface area contributed by atoms with E-state index in [1.54, 1.807) is 0 Å². The highest BCUT2D eigenvalue weighted by molar-refractivity contribution is 6.05. The van der Waals surface area contributed by atoms with Crippen LogP contribution in [0.4, 0.5) is 4.39 Å². The molecule has 0 radical (unpaired) electrons. The SMILES string of the molecule is CC1(C(=O)N2CCC(c3cc(F)cc4c3CN(C3CCC(=O)NC3=O)C4=O)CC2)COC1. The van der Waals surface area contributed by atoms with Gasteiger partial charge in [-0.15, -0.1) is 0 Å². The van der Waals surface area contributed by atoms with Crippen LogP contribution < -0.4 is 5.32 Å². The number of piperidine rings is 2. The Labute approximate surface area is 185 Å². The van der Waals surface area contributed by atoms with Crippen molar-refractivity contribution < 1.29 is 28.3 Å². The Morgan fingerprint density at radius 1 is 1.16 bits per heavy atom. The monoisotopic (exact) mass is 443 g/mol. The summed E-state index contributed by atoms with van der Waals surface area (Å²) in [5.74, 6) is -1.54. The van der Waals surface area contributed by atoms with Gasteiger partial charge in [0.15, 0.2) is 0 Å². The number of hydrogen-bond donors (Lipinski definition) is 1. The maximum Gasteiger partial charge on any atom is 0.255 e. The van der Waals surface area contributed by atoms with E-state index in [0.717, 1.165) is 11.1 Å². The first-order chi connectivity index (χ1) is 15.3. The zero-order valence-corrected chi connectivity index (χ0v) is 18.0. The molecule has 0 spiro atoms. The molecule has 4 aliphatic heterocycles. The zero-order chi connectivity index (χ0) is 22.6. The molecule has 8 nitrogen and oxygen atoms in total. The fourth-order valence-electron chi connectivity index (χ4n) is 5.32. The van der Waals surface area contributed by atoms with E-state index in [1.807, 2.05) is 11.8 Å². The van der Waals surface area contributed by atoms with Crippen molar-refractivity contribution in [2.75, 3.05) is 26.3 Å². The van der Waals surface area contributed by atoms with Crippen LogP contribution in [0.15, 0.2) is 12.1 Å². The summed E-state index contributed by atoms with van der Waals surface area (Å²) in [5.41, 5.74) is 1.39. The molecule has 0 bridgehead atoms. The molecule has 170 valence electrons. The second-order valence-corrected chi connectivity index (χ2v) is 9.54. The summed E-state index contributed by atoms with van der Waals surface area (Å²) in [7, 11) is 0. The molecule has 0 saturated carbocycles. The van der Waals surface area contributed by atoms with Crippen molar-refractivity contribution in [1.82, 2.24) is 15.1 Å². The Bertz CT molecular complexity index is 1010. The van der Waals surface area contributed by atoms with E-state index in [4.69, 9.17) is 4.74 Å².